The number of hydrogen-bond acceptors (Lipinski definition) is 0. The Kier molecular flexibility index (Phi) is 3.92. The summed E-state index contributed by atoms with van der Waals surface area (Å²) in [6, 6.07) is 15.1. The third kappa shape index (κ3) is 2.60. The monoisotopic (exact) mass is 376 g/mol. The van der Waals surface area contributed by atoms with Crippen molar-refractivity contribution in [1.82, 2.24) is 0 Å². The van der Waals surface area contributed by atoms with Gasteiger partial charge in [-0.25, -0.2) is 0 Å². The molecule has 0 saturated heterocycles. The van der Waals surface area contributed by atoms with Crippen LogP contribution in [0.5, 0.6) is 0 Å². The third-order valence-corrected chi connectivity index (χ3v) is 6.34. The van der Waals surface area contributed by atoms with Gasteiger partial charge in [0.15, 0.2) is 0 Å². The Hall–Kier alpha value is -2.02. The second-order valence-corrected chi connectivity index (χ2v) is 7.94. The van der Waals surface area contributed by atoms with Gasteiger partial charge in [0.25, 0.3) is 0 Å². The molecule has 1 atom stereocenters. The normalized spacial score (nSPS) is 18.0. The Bertz CT molecular complexity index is 1190. The van der Waals surface area contributed by atoms with Gasteiger partial charge in [-0.3, -0.25) is 0 Å². The average Bonchev–Trinajstić information content (AvgIpc) is 2.69. The van der Waals surface area contributed by atoms with Crippen LogP contribution in [0.3, 0.4) is 0 Å². The number of allylic oxidation sites excluding steroid dienone is 1. The molecule has 0 nitrogen and oxygen atoms in total. The van der Waals surface area contributed by atoms with E-state index < -0.39 is 0 Å². The second-order valence-electron chi connectivity index (χ2n) is 7.13. The maximum atomic E-state index is 6.24. The summed E-state index contributed by atoms with van der Waals surface area (Å²) in [7, 11) is 0. The Labute approximate surface area is 163 Å². The van der Waals surface area contributed by atoms with Crippen molar-refractivity contribution in [2.24, 2.45) is 0 Å². The van der Waals surface area contributed by atoms with Crippen LogP contribution in [0.4, 0.5) is 0 Å². The van der Waals surface area contributed by atoms with Crippen LogP contribution in [0, 0.1) is 0 Å². The van der Waals surface area contributed by atoms with Gasteiger partial charge in [0.2, 0.25) is 0 Å². The summed E-state index contributed by atoms with van der Waals surface area (Å²) in [6.07, 6.45) is 12.6. The summed E-state index contributed by atoms with van der Waals surface area (Å²) < 4.78 is 0. The Morgan fingerprint density at radius 2 is 1.77 bits per heavy atom. The van der Waals surface area contributed by atoms with Crippen molar-refractivity contribution in [2.45, 2.75) is 25.2 Å². The summed E-state index contributed by atoms with van der Waals surface area (Å²) in [5.74, 6) is 0.328. The number of fused-ring (bicyclic) bond motifs is 5. The van der Waals surface area contributed by atoms with E-state index >= 15 is 0 Å². The van der Waals surface area contributed by atoms with Gasteiger partial charge in [0, 0.05) is 5.92 Å². The molecule has 3 aromatic carbocycles. The highest BCUT2D eigenvalue weighted by Crippen LogP contribution is 2.31. The maximum Gasteiger partial charge on any atom is 0.0595 e. The molecule has 1 unspecified atom stereocenters. The van der Waals surface area contributed by atoms with Crippen molar-refractivity contribution in [3.05, 3.63) is 85.7 Å². The van der Waals surface area contributed by atoms with Gasteiger partial charge in [-0.2, -0.15) is 0 Å². The summed E-state index contributed by atoms with van der Waals surface area (Å²) in [5, 5.41) is 6.60. The molecule has 26 heavy (non-hydrogen) atoms. The molecular formula is C24H18Cl2. The molecule has 0 saturated carbocycles. The van der Waals surface area contributed by atoms with Crippen molar-refractivity contribution in [2.75, 3.05) is 0 Å². The molecule has 2 aliphatic rings. The van der Waals surface area contributed by atoms with E-state index in [0.717, 1.165) is 19.3 Å². The van der Waals surface area contributed by atoms with Crippen LogP contribution in [0.15, 0.2) is 48.5 Å². The van der Waals surface area contributed by atoms with Gasteiger partial charge < -0.3 is 0 Å². The second kappa shape index (κ2) is 6.30. The zero-order valence-corrected chi connectivity index (χ0v) is 15.8. The van der Waals surface area contributed by atoms with Crippen LogP contribution < -0.4 is 10.4 Å². The first kappa shape index (κ1) is 16.2. The molecule has 0 N–H and O–H groups in total. The number of halogens is 2. The molecule has 2 heteroatoms. The van der Waals surface area contributed by atoms with E-state index in [0.29, 0.717) is 16.0 Å². The van der Waals surface area contributed by atoms with Crippen LogP contribution >= 0.6 is 23.2 Å². The molecule has 5 rings (SSSR count). The lowest BCUT2D eigenvalue weighted by Gasteiger charge is -2.18. The van der Waals surface area contributed by atoms with E-state index in [-0.39, 0.29) is 0 Å². The largest absolute Gasteiger partial charge is 0.0836 e. The molecule has 0 heterocycles. The van der Waals surface area contributed by atoms with Gasteiger partial charge in [-0.05, 0) is 69.3 Å². The summed E-state index contributed by atoms with van der Waals surface area (Å²) in [5.41, 5.74) is 4.07. The first-order chi connectivity index (χ1) is 12.7. The first-order valence-electron chi connectivity index (χ1n) is 9.09. The fourth-order valence-corrected chi connectivity index (χ4v) is 4.54. The predicted octanol–water partition coefficient (Wildman–Crippen LogP) is 5.85. The molecule has 0 amide bonds. The van der Waals surface area contributed by atoms with Crippen LogP contribution in [0.25, 0.3) is 29.0 Å². The van der Waals surface area contributed by atoms with Gasteiger partial charge in [0.05, 0.1) is 10.0 Å². The third-order valence-electron chi connectivity index (χ3n) is 5.60. The lowest BCUT2D eigenvalue weighted by atomic mass is 9.87. The lowest BCUT2D eigenvalue weighted by Crippen LogP contribution is -2.29. The van der Waals surface area contributed by atoms with Crippen LogP contribution in [-0.2, 0) is 6.42 Å². The van der Waals surface area contributed by atoms with E-state index in [2.05, 4.69) is 54.6 Å². The van der Waals surface area contributed by atoms with Crippen molar-refractivity contribution in [1.29, 1.82) is 0 Å². The molecular weight excluding hydrogens is 359 g/mol. The minimum absolute atomic E-state index is 0.328. The molecule has 0 radical (unpaired) electrons. The topological polar surface area (TPSA) is 0 Å². The van der Waals surface area contributed by atoms with E-state index in [9.17, 15) is 0 Å². The predicted molar refractivity (Wildman–Crippen MR) is 113 cm³/mol. The first-order valence-corrected chi connectivity index (χ1v) is 9.84. The molecule has 0 fully saturated rings. The molecule has 0 aromatic heterocycles. The van der Waals surface area contributed by atoms with E-state index in [1.54, 1.807) is 0 Å². The highest BCUT2D eigenvalue weighted by molar-refractivity contribution is 6.42. The average molecular weight is 377 g/mol. The van der Waals surface area contributed by atoms with Gasteiger partial charge in [0.1, 0.15) is 0 Å². The SMILES string of the molecule is Clc1ccc(C2C=c3c(ccc4c5c(ccc34)CCC=C5)=CC2)cc1Cl. The Balaban J connectivity index is 1.73. The Morgan fingerprint density at radius 3 is 2.65 bits per heavy atom. The quantitative estimate of drug-likeness (QED) is 0.499. The maximum absolute atomic E-state index is 6.24. The molecule has 0 bridgehead atoms. The minimum atomic E-state index is 0.328. The van der Waals surface area contributed by atoms with E-state index in [4.69, 9.17) is 23.2 Å². The molecule has 2 aliphatic carbocycles. The number of aryl methyl sites for hydroxylation is 1. The number of rotatable bonds is 1. The number of hydrogen-bond donors (Lipinski definition) is 0. The highest BCUT2D eigenvalue weighted by atomic mass is 35.5. The lowest BCUT2D eigenvalue weighted by molar-refractivity contribution is 0.923. The van der Waals surface area contributed by atoms with Crippen LogP contribution in [0.2, 0.25) is 10.0 Å². The molecule has 128 valence electrons. The van der Waals surface area contributed by atoms with Crippen LogP contribution in [-0.4, -0.2) is 0 Å². The Morgan fingerprint density at radius 1 is 0.885 bits per heavy atom. The fourth-order valence-electron chi connectivity index (χ4n) is 4.23. The number of benzene rings is 3. The van der Waals surface area contributed by atoms with Gasteiger partial charge >= 0.3 is 0 Å². The van der Waals surface area contributed by atoms with Crippen molar-refractivity contribution < 1.29 is 0 Å². The smallest absolute Gasteiger partial charge is 0.0595 e. The molecule has 3 aromatic rings. The van der Waals surface area contributed by atoms with Crippen molar-refractivity contribution in [3.63, 3.8) is 0 Å². The standard InChI is InChI=1S/C24H18Cl2/c25-23-12-9-18(14-24(23)26)17-6-5-16-8-10-20-19-4-2-1-3-15(19)7-11-21(20)22(16)13-17/h2,4-5,7-14,17H,1,3,6H2. The van der Waals surface area contributed by atoms with Gasteiger partial charge in [-0.1, -0.05) is 77.8 Å². The van der Waals surface area contributed by atoms with Gasteiger partial charge in [-0.15, -0.1) is 0 Å². The van der Waals surface area contributed by atoms with E-state index in [1.807, 2.05) is 12.1 Å². The summed E-state index contributed by atoms with van der Waals surface area (Å²) >= 11 is 12.3. The summed E-state index contributed by atoms with van der Waals surface area (Å²) in [6.45, 7) is 0. The van der Waals surface area contributed by atoms with E-state index in [1.165, 1.54) is 37.9 Å². The molecule has 0 aliphatic heterocycles. The van der Waals surface area contributed by atoms with Crippen molar-refractivity contribution >= 4 is 52.2 Å². The highest BCUT2D eigenvalue weighted by Gasteiger charge is 2.15. The fraction of sp³-hybridized carbons (Fsp3) is 0.167. The zero-order chi connectivity index (χ0) is 17.7. The zero-order valence-electron chi connectivity index (χ0n) is 14.3. The minimum Gasteiger partial charge on any atom is -0.0836 e. The summed E-state index contributed by atoms with van der Waals surface area (Å²) in [4.78, 5) is 0. The van der Waals surface area contributed by atoms with Crippen LogP contribution in [0.1, 0.15) is 35.4 Å². The van der Waals surface area contributed by atoms with Crippen molar-refractivity contribution in [3.8, 4) is 0 Å². The molecule has 0 spiro atoms.